The van der Waals surface area contributed by atoms with Crippen LogP contribution in [-0.4, -0.2) is 51.5 Å². The maximum Gasteiger partial charge on any atom is 0.323 e. The van der Waals surface area contributed by atoms with Crippen LogP contribution in [0.25, 0.3) is 0 Å². The monoisotopic (exact) mass is 244 g/mol. The van der Waals surface area contributed by atoms with Gasteiger partial charge in [0.1, 0.15) is 12.6 Å². The minimum absolute atomic E-state index is 0.0473. The van der Waals surface area contributed by atoms with E-state index in [1.807, 2.05) is 0 Å². The number of amides is 2. The van der Waals surface area contributed by atoms with Crippen LogP contribution in [0.1, 0.15) is 12.8 Å². The van der Waals surface area contributed by atoms with Gasteiger partial charge < -0.3 is 15.3 Å². The molecule has 1 aliphatic carbocycles. The Hall–Kier alpha value is -1.24. The van der Waals surface area contributed by atoms with E-state index in [0.29, 0.717) is 5.75 Å². The molecular weight excluding hydrogens is 232 g/mol. The van der Waals surface area contributed by atoms with E-state index in [4.69, 9.17) is 5.11 Å². The minimum Gasteiger partial charge on any atom is -0.480 e. The normalized spacial score (nSPS) is 24.0. The summed E-state index contributed by atoms with van der Waals surface area (Å²) in [5, 5.41) is 11.0. The molecule has 16 heavy (non-hydrogen) atoms. The molecule has 0 aromatic rings. The minimum atomic E-state index is -1.02. The SMILES string of the molecule is O=C(O)CN(C(=O)C1CSC(=O)N1)C1CC1. The fourth-order valence-electron chi connectivity index (χ4n) is 1.64. The Morgan fingerprint density at radius 1 is 1.50 bits per heavy atom. The second-order valence-corrected chi connectivity index (χ2v) is 4.88. The number of nitrogens with zero attached hydrogens (tertiary/aromatic N) is 1. The lowest BCUT2D eigenvalue weighted by molar-refractivity contribution is -0.145. The fourth-order valence-corrected chi connectivity index (χ4v) is 2.41. The van der Waals surface area contributed by atoms with Gasteiger partial charge in [0.25, 0.3) is 5.24 Å². The van der Waals surface area contributed by atoms with Gasteiger partial charge in [-0.3, -0.25) is 14.4 Å². The maximum absolute atomic E-state index is 11.9. The highest BCUT2D eigenvalue weighted by Crippen LogP contribution is 2.28. The predicted octanol–water partition coefficient (Wildman–Crippen LogP) is -0.113. The van der Waals surface area contributed by atoms with Crippen LogP contribution >= 0.6 is 11.8 Å². The Bertz CT molecular complexity index is 342. The second kappa shape index (κ2) is 4.32. The molecule has 7 heteroatoms. The number of carbonyl (C=O) groups excluding carboxylic acids is 2. The van der Waals surface area contributed by atoms with Crippen LogP contribution < -0.4 is 5.32 Å². The molecule has 88 valence electrons. The predicted molar refractivity (Wildman–Crippen MR) is 57.1 cm³/mol. The van der Waals surface area contributed by atoms with Crippen molar-refractivity contribution in [2.75, 3.05) is 12.3 Å². The van der Waals surface area contributed by atoms with Gasteiger partial charge in [0.15, 0.2) is 0 Å². The molecule has 0 radical (unpaired) electrons. The molecule has 2 fully saturated rings. The summed E-state index contributed by atoms with van der Waals surface area (Å²) >= 11 is 1.06. The van der Waals surface area contributed by atoms with E-state index >= 15 is 0 Å². The molecule has 1 saturated carbocycles. The Kier molecular flexibility index (Phi) is 3.04. The van der Waals surface area contributed by atoms with Crippen molar-refractivity contribution in [3.05, 3.63) is 0 Å². The lowest BCUT2D eigenvalue weighted by Crippen LogP contribution is -2.48. The number of hydrogen-bond acceptors (Lipinski definition) is 4. The van der Waals surface area contributed by atoms with Gasteiger partial charge in [0.05, 0.1) is 0 Å². The van der Waals surface area contributed by atoms with E-state index < -0.39 is 12.0 Å². The first-order valence-electron chi connectivity index (χ1n) is 5.03. The lowest BCUT2D eigenvalue weighted by atomic mass is 10.2. The summed E-state index contributed by atoms with van der Waals surface area (Å²) in [7, 11) is 0. The third-order valence-corrected chi connectivity index (χ3v) is 3.43. The summed E-state index contributed by atoms with van der Waals surface area (Å²) in [6.07, 6.45) is 1.71. The van der Waals surface area contributed by atoms with E-state index in [-0.39, 0.29) is 23.7 Å². The third kappa shape index (κ3) is 2.46. The summed E-state index contributed by atoms with van der Waals surface area (Å²) in [5.74, 6) is -0.902. The number of hydrogen-bond donors (Lipinski definition) is 2. The number of rotatable bonds is 4. The average Bonchev–Trinajstić information content (AvgIpc) is 2.96. The van der Waals surface area contributed by atoms with Crippen molar-refractivity contribution in [3.8, 4) is 0 Å². The molecule has 0 bridgehead atoms. The third-order valence-electron chi connectivity index (χ3n) is 2.55. The molecule has 0 aromatic heterocycles. The van der Waals surface area contributed by atoms with E-state index in [0.717, 1.165) is 24.6 Å². The molecule has 2 N–H and O–H groups in total. The Morgan fingerprint density at radius 2 is 2.19 bits per heavy atom. The molecule has 1 saturated heterocycles. The number of thioether (sulfide) groups is 1. The van der Waals surface area contributed by atoms with Crippen molar-refractivity contribution in [3.63, 3.8) is 0 Å². The molecule has 0 spiro atoms. The summed E-state index contributed by atoms with van der Waals surface area (Å²) in [6.45, 7) is -0.277. The smallest absolute Gasteiger partial charge is 0.323 e. The van der Waals surface area contributed by atoms with Crippen LogP contribution in [0.2, 0.25) is 0 Å². The molecule has 2 amide bonds. The topological polar surface area (TPSA) is 86.7 Å². The summed E-state index contributed by atoms with van der Waals surface area (Å²) < 4.78 is 0. The van der Waals surface area contributed by atoms with Crippen molar-refractivity contribution in [1.29, 1.82) is 0 Å². The summed E-state index contributed by atoms with van der Waals surface area (Å²) in [5.41, 5.74) is 0. The molecule has 1 atom stereocenters. The number of carboxylic acids is 1. The highest BCUT2D eigenvalue weighted by atomic mass is 32.2. The van der Waals surface area contributed by atoms with Gasteiger partial charge >= 0.3 is 5.97 Å². The molecule has 2 aliphatic rings. The molecule has 1 heterocycles. The van der Waals surface area contributed by atoms with E-state index in [9.17, 15) is 14.4 Å². The fraction of sp³-hybridized carbons (Fsp3) is 0.667. The number of carboxylic acid groups (broad SMARTS) is 1. The highest BCUT2D eigenvalue weighted by molar-refractivity contribution is 8.14. The van der Waals surface area contributed by atoms with Gasteiger partial charge in [-0.15, -0.1) is 0 Å². The molecule has 1 unspecified atom stereocenters. The van der Waals surface area contributed by atoms with Crippen LogP contribution in [0.15, 0.2) is 0 Å². The number of nitrogens with one attached hydrogen (secondary N) is 1. The second-order valence-electron chi connectivity index (χ2n) is 3.89. The molecular formula is C9H12N2O4S. The molecule has 0 aromatic carbocycles. The van der Waals surface area contributed by atoms with Crippen LogP contribution in [0.4, 0.5) is 4.79 Å². The van der Waals surface area contributed by atoms with Gasteiger partial charge in [-0.2, -0.15) is 0 Å². The van der Waals surface area contributed by atoms with Crippen molar-refractivity contribution in [1.82, 2.24) is 10.2 Å². The largest absolute Gasteiger partial charge is 0.480 e. The first-order valence-corrected chi connectivity index (χ1v) is 6.02. The zero-order valence-electron chi connectivity index (χ0n) is 8.51. The number of aliphatic carboxylic acids is 1. The van der Waals surface area contributed by atoms with Crippen LogP contribution in [0.3, 0.4) is 0 Å². The average molecular weight is 244 g/mol. The summed E-state index contributed by atoms with van der Waals surface area (Å²) in [6, 6.07) is -0.511. The zero-order valence-corrected chi connectivity index (χ0v) is 9.33. The zero-order chi connectivity index (χ0) is 11.7. The van der Waals surface area contributed by atoms with Crippen molar-refractivity contribution in [2.24, 2.45) is 0 Å². The van der Waals surface area contributed by atoms with Crippen molar-refractivity contribution in [2.45, 2.75) is 24.9 Å². The van der Waals surface area contributed by atoms with Crippen LogP contribution in [-0.2, 0) is 9.59 Å². The van der Waals surface area contributed by atoms with Gasteiger partial charge in [0, 0.05) is 11.8 Å². The van der Waals surface area contributed by atoms with Crippen LogP contribution in [0.5, 0.6) is 0 Å². The molecule has 6 nitrogen and oxygen atoms in total. The first kappa shape index (κ1) is 11.3. The van der Waals surface area contributed by atoms with Crippen molar-refractivity contribution < 1.29 is 19.5 Å². The van der Waals surface area contributed by atoms with Gasteiger partial charge in [0.2, 0.25) is 5.91 Å². The maximum atomic E-state index is 11.9. The Labute approximate surface area is 96.4 Å². The molecule has 1 aliphatic heterocycles. The van der Waals surface area contributed by atoms with Crippen molar-refractivity contribution >= 4 is 28.9 Å². The lowest BCUT2D eigenvalue weighted by Gasteiger charge is -2.23. The first-order chi connectivity index (χ1) is 7.58. The quantitative estimate of drug-likeness (QED) is 0.720. The Balaban J connectivity index is 1.99. The van der Waals surface area contributed by atoms with Gasteiger partial charge in [-0.25, -0.2) is 0 Å². The highest BCUT2D eigenvalue weighted by Gasteiger charge is 2.39. The van der Waals surface area contributed by atoms with Gasteiger partial charge in [-0.1, -0.05) is 11.8 Å². The molecule has 2 rings (SSSR count). The van der Waals surface area contributed by atoms with Crippen LogP contribution in [0, 0.1) is 0 Å². The van der Waals surface area contributed by atoms with E-state index in [1.54, 1.807) is 0 Å². The standard InChI is InChI=1S/C9H12N2O4S/c12-7(13)3-11(5-1-2-5)8(14)6-4-16-9(15)10-6/h5-6H,1-4H2,(H,10,15)(H,12,13). The van der Waals surface area contributed by atoms with E-state index in [1.165, 1.54) is 4.90 Å². The Morgan fingerprint density at radius 3 is 2.62 bits per heavy atom. The summed E-state index contributed by atoms with van der Waals surface area (Å²) in [4.78, 5) is 34.9. The van der Waals surface area contributed by atoms with Gasteiger partial charge in [-0.05, 0) is 12.8 Å². The van der Waals surface area contributed by atoms with E-state index in [2.05, 4.69) is 5.32 Å². The number of carbonyl (C=O) groups is 3.